The van der Waals surface area contributed by atoms with Crippen molar-refractivity contribution in [2.24, 2.45) is 23.7 Å². The zero-order chi connectivity index (χ0) is 16.2. The highest BCUT2D eigenvalue weighted by atomic mass is 17.3. The summed E-state index contributed by atoms with van der Waals surface area (Å²) >= 11 is 0. The molecule has 1 aliphatic carbocycles. The van der Waals surface area contributed by atoms with Crippen molar-refractivity contribution in [2.45, 2.75) is 70.4 Å². The second-order valence-electron chi connectivity index (χ2n) is 7.87. The fourth-order valence-corrected chi connectivity index (χ4v) is 5.23. The maximum absolute atomic E-state index is 9.06. The molecule has 4 aliphatic heterocycles. The van der Waals surface area contributed by atoms with Crippen LogP contribution in [0.2, 0.25) is 0 Å². The summed E-state index contributed by atoms with van der Waals surface area (Å²) in [6.45, 7) is 6.63. The predicted octanol–water partition coefficient (Wildman–Crippen LogP) is 2.20. The van der Waals surface area contributed by atoms with Gasteiger partial charge in [0, 0.05) is 18.3 Å². The Morgan fingerprint density at radius 3 is 2.74 bits per heavy atom. The molecule has 8 atom stereocenters. The number of hydrogen-bond donors (Lipinski definition) is 1. The minimum absolute atomic E-state index is 0.00903. The van der Waals surface area contributed by atoms with Gasteiger partial charge in [0.25, 0.3) is 0 Å². The number of fused-ring (bicyclic) bond motifs is 2. The van der Waals surface area contributed by atoms with Crippen LogP contribution in [0.1, 0.15) is 46.5 Å². The van der Waals surface area contributed by atoms with Crippen molar-refractivity contribution in [1.82, 2.24) is 0 Å². The Bertz CT molecular complexity index is 458. The summed E-state index contributed by atoms with van der Waals surface area (Å²) in [4.78, 5) is 11.8. The molecule has 1 spiro atoms. The van der Waals surface area contributed by atoms with Crippen LogP contribution in [0.5, 0.6) is 0 Å². The van der Waals surface area contributed by atoms with Gasteiger partial charge in [-0.25, -0.2) is 9.78 Å². The number of aliphatic hydroxyl groups excluding tert-OH is 1. The Morgan fingerprint density at radius 2 is 1.96 bits per heavy atom. The molecule has 0 aromatic carbocycles. The monoisotopic (exact) mass is 328 g/mol. The van der Waals surface area contributed by atoms with Gasteiger partial charge in [-0.05, 0) is 38.0 Å². The van der Waals surface area contributed by atoms with E-state index in [1.54, 1.807) is 0 Å². The van der Waals surface area contributed by atoms with E-state index in [0.29, 0.717) is 11.8 Å². The van der Waals surface area contributed by atoms with Crippen molar-refractivity contribution >= 4 is 0 Å². The van der Waals surface area contributed by atoms with Gasteiger partial charge in [0.15, 0.2) is 18.2 Å². The fourth-order valence-electron chi connectivity index (χ4n) is 5.23. The Morgan fingerprint density at radius 1 is 1.13 bits per heavy atom. The number of aliphatic hydroxyl groups is 1. The molecule has 4 saturated heterocycles. The lowest BCUT2D eigenvalue weighted by molar-refractivity contribution is -0.577. The molecule has 132 valence electrons. The van der Waals surface area contributed by atoms with Crippen molar-refractivity contribution in [3.05, 3.63) is 0 Å². The third-order valence-electron chi connectivity index (χ3n) is 6.47. The molecule has 1 N–H and O–H groups in total. The van der Waals surface area contributed by atoms with E-state index < -0.39 is 17.7 Å². The van der Waals surface area contributed by atoms with Crippen molar-refractivity contribution < 1.29 is 29.1 Å². The highest BCUT2D eigenvalue weighted by Crippen LogP contribution is 2.60. The zero-order valence-corrected chi connectivity index (χ0v) is 14.2. The first-order chi connectivity index (χ1) is 11.0. The van der Waals surface area contributed by atoms with Crippen LogP contribution in [0.15, 0.2) is 0 Å². The summed E-state index contributed by atoms with van der Waals surface area (Å²) in [5.41, 5.74) is -0.536. The summed E-state index contributed by atoms with van der Waals surface area (Å²) in [7, 11) is 0. The second kappa shape index (κ2) is 5.64. The summed E-state index contributed by atoms with van der Waals surface area (Å²) in [5, 5.41) is 9.06. The second-order valence-corrected chi connectivity index (χ2v) is 7.87. The standard InChI is InChI=1S/C17H28O6/c1-10-4-5-13-11(2)14(19-9-8-18)20-15-17(13)12(10)6-7-16(3,21-15)22-23-17/h10-15,18H,4-9H2,1-3H3/t10-,11-,12+,13+,14+,15-,16-,17-/m1/s1. The lowest BCUT2D eigenvalue weighted by atomic mass is 9.58. The first-order valence-electron chi connectivity index (χ1n) is 8.93. The number of ether oxygens (including phenoxy) is 3. The largest absolute Gasteiger partial charge is 0.394 e. The number of hydrogen-bond acceptors (Lipinski definition) is 6. The molecule has 0 aromatic heterocycles. The Balaban J connectivity index is 1.70. The molecule has 23 heavy (non-hydrogen) atoms. The molecule has 5 fully saturated rings. The maximum atomic E-state index is 9.06. The molecule has 0 unspecified atom stereocenters. The van der Waals surface area contributed by atoms with Crippen LogP contribution in [0.4, 0.5) is 0 Å². The quantitative estimate of drug-likeness (QED) is 0.801. The van der Waals surface area contributed by atoms with Crippen molar-refractivity contribution in [1.29, 1.82) is 0 Å². The van der Waals surface area contributed by atoms with E-state index in [9.17, 15) is 0 Å². The van der Waals surface area contributed by atoms with Gasteiger partial charge in [0.2, 0.25) is 5.79 Å². The van der Waals surface area contributed by atoms with Gasteiger partial charge in [-0.2, -0.15) is 0 Å². The molecule has 5 rings (SSSR count). The molecule has 0 amide bonds. The highest BCUT2D eigenvalue weighted by molar-refractivity contribution is 5.09. The van der Waals surface area contributed by atoms with Gasteiger partial charge in [0.05, 0.1) is 13.2 Å². The van der Waals surface area contributed by atoms with Gasteiger partial charge >= 0.3 is 0 Å². The van der Waals surface area contributed by atoms with Crippen LogP contribution in [0, 0.1) is 23.7 Å². The van der Waals surface area contributed by atoms with Crippen LogP contribution < -0.4 is 0 Å². The first kappa shape index (κ1) is 16.2. The average Bonchev–Trinajstić information content (AvgIpc) is 2.76. The maximum Gasteiger partial charge on any atom is 0.201 e. The molecule has 6 heteroatoms. The van der Waals surface area contributed by atoms with Crippen LogP contribution in [-0.2, 0) is 24.0 Å². The molecule has 0 aromatic rings. The van der Waals surface area contributed by atoms with Gasteiger partial charge < -0.3 is 19.3 Å². The van der Waals surface area contributed by atoms with Crippen molar-refractivity contribution in [2.75, 3.05) is 13.2 Å². The fraction of sp³-hybridized carbons (Fsp3) is 1.00. The molecular formula is C17H28O6. The van der Waals surface area contributed by atoms with Gasteiger partial charge in [-0.15, -0.1) is 0 Å². The molecule has 5 aliphatic rings. The Labute approximate surface area is 137 Å². The summed E-state index contributed by atoms with van der Waals surface area (Å²) in [5.74, 6) is 0.625. The third kappa shape index (κ3) is 2.30. The number of rotatable bonds is 3. The predicted molar refractivity (Wildman–Crippen MR) is 79.9 cm³/mol. The molecule has 6 nitrogen and oxygen atoms in total. The molecule has 1 saturated carbocycles. The zero-order valence-electron chi connectivity index (χ0n) is 14.2. The van der Waals surface area contributed by atoms with Gasteiger partial charge in [-0.3, -0.25) is 0 Å². The van der Waals surface area contributed by atoms with Crippen LogP contribution >= 0.6 is 0 Å². The SMILES string of the molecule is C[C@H]1[C@@H](OCCO)O[C@@H]2O[C@@]3(C)CC[C@H]4[C@H](C)CC[C@@H]1[C@@]24OO3. The molecular weight excluding hydrogens is 300 g/mol. The van der Waals surface area contributed by atoms with E-state index in [1.807, 2.05) is 6.92 Å². The van der Waals surface area contributed by atoms with E-state index in [1.165, 1.54) is 6.42 Å². The normalized spacial score (nSPS) is 55.3. The minimum atomic E-state index is -0.750. The lowest BCUT2D eigenvalue weighted by Crippen LogP contribution is -2.70. The van der Waals surface area contributed by atoms with Crippen molar-refractivity contribution in [3.8, 4) is 0 Å². The molecule has 4 heterocycles. The van der Waals surface area contributed by atoms with Crippen molar-refractivity contribution in [3.63, 3.8) is 0 Å². The molecule has 0 radical (unpaired) electrons. The average molecular weight is 328 g/mol. The Kier molecular flexibility index (Phi) is 3.99. The van der Waals surface area contributed by atoms with E-state index >= 15 is 0 Å². The van der Waals surface area contributed by atoms with Crippen LogP contribution in [0.3, 0.4) is 0 Å². The Hall–Kier alpha value is -0.240. The smallest absolute Gasteiger partial charge is 0.201 e. The first-order valence-corrected chi connectivity index (χ1v) is 8.93. The minimum Gasteiger partial charge on any atom is -0.394 e. The topological polar surface area (TPSA) is 66.4 Å². The van der Waals surface area contributed by atoms with Crippen LogP contribution in [0.25, 0.3) is 0 Å². The van der Waals surface area contributed by atoms with Gasteiger partial charge in [-0.1, -0.05) is 13.8 Å². The lowest BCUT2D eigenvalue weighted by Gasteiger charge is -2.60. The van der Waals surface area contributed by atoms with E-state index in [-0.39, 0.29) is 31.3 Å². The van der Waals surface area contributed by atoms with E-state index in [0.717, 1.165) is 19.3 Å². The van der Waals surface area contributed by atoms with E-state index in [4.69, 9.17) is 29.1 Å². The van der Waals surface area contributed by atoms with Crippen LogP contribution in [-0.4, -0.2) is 42.3 Å². The summed E-state index contributed by atoms with van der Waals surface area (Å²) in [6.07, 6.45) is 3.24. The molecule has 2 bridgehead atoms. The van der Waals surface area contributed by atoms with Gasteiger partial charge in [0.1, 0.15) is 0 Å². The third-order valence-corrected chi connectivity index (χ3v) is 6.47. The van der Waals surface area contributed by atoms with E-state index in [2.05, 4.69) is 13.8 Å². The summed E-state index contributed by atoms with van der Waals surface area (Å²) < 4.78 is 18.2. The summed E-state index contributed by atoms with van der Waals surface area (Å²) in [6, 6.07) is 0. The highest BCUT2D eigenvalue weighted by Gasteiger charge is 2.69.